The van der Waals surface area contributed by atoms with E-state index in [2.05, 4.69) is 15.6 Å². The third-order valence-electron chi connectivity index (χ3n) is 4.97. The smallest absolute Gasteiger partial charge is 0.253 e. The number of carbonyl (C=O) groups is 1. The molecule has 3 aromatic carbocycles. The second-order valence-electron chi connectivity index (χ2n) is 7.57. The lowest BCUT2D eigenvalue weighted by Crippen LogP contribution is -2.36. The first-order valence-electron chi connectivity index (χ1n) is 10.6. The number of methoxy groups -OCH3 is 1. The van der Waals surface area contributed by atoms with Crippen LogP contribution in [0.2, 0.25) is 0 Å². The Morgan fingerprint density at radius 3 is 1.91 bits per heavy atom. The molecule has 3 rings (SSSR count). The molecule has 0 heterocycles. The molecular weight excluding hydrogens is 416 g/mol. The SMILES string of the molecule is CN=C(NCc1ccc(Oc2ccccc2OC)cc1)NCc1ccc(C(=O)N(C)C)cc1. The van der Waals surface area contributed by atoms with Crippen molar-refractivity contribution in [1.29, 1.82) is 0 Å². The molecule has 0 saturated heterocycles. The molecule has 172 valence electrons. The van der Waals surface area contributed by atoms with Gasteiger partial charge in [0.15, 0.2) is 17.5 Å². The van der Waals surface area contributed by atoms with Gasteiger partial charge in [-0.15, -0.1) is 0 Å². The predicted molar refractivity (Wildman–Crippen MR) is 131 cm³/mol. The molecule has 0 aliphatic heterocycles. The highest BCUT2D eigenvalue weighted by atomic mass is 16.5. The van der Waals surface area contributed by atoms with E-state index in [1.54, 1.807) is 33.2 Å². The Kier molecular flexibility index (Phi) is 8.30. The topological polar surface area (TPSA) is 75.2 Å². The van der Waals surface area contributed by atoms with E-state index in [0.29, 0.717) is 36.1 Å². The zero-order valence-corrected chi connectivity index (χ0v) is 19.5. The van der Waals surface area contributed by atoms with E-state index < -0.39 is 0 Å². The number of aliphatic imine (C=N–C) groups is 1. The van der Waals surface area contributed by atoms with Crippen LogP contribution in [0, 0.1) is 0 Å². The van der Waals surface area contributed by atoms with Gasteiger partial charge in [0.2, 0.25) is 0 Å². The van der Waals surface area contributed by atoms with Crippen LogP contribution < -0.4 is 20.1 Å². The lowest BCUT2D eigenvalue weighted by Gasteiger charge is -2.14. The molecule has 3 aromatic rings. The molecule has 0 bridgehead atoms. The normalized spacial score (nSPS) is 11.0. The Hall–Kier alpha value is -4.00. The average Bonchev–Trinajstić information content (AvgIpc) is 2.85. The van der Waals surface area contributed by atoms with Crippen molar-refractivity contribution in [3.63, 3.8) is 0 Å². The monoisotopic (exact) mass is 446 g/mol. The lowest BCUT2D eigenvalue weighted by atomic mass is 10.1. The van der Waals surface area contributed by atoms with E-state index in [1.165, 1.54) is 0 Å². The maximum atomic E-state index is 12.0. The van der Waals surface area contributed by atoms with Gasteiger partial charge >= 0.3 is 0 Å². The van der Waals surface area contributed by atoms with Gasteiger partial charge in [-0.1, -0.05) is 36.4 Å². The first-order valence-corrected chi connectivity index (χ1v) is 10.6. The number of nitrogens with one attached hydrogen (secondary N) is 2. The molecule has 0 aliphatic carbocycles. The molecular formula is C26H30N4O3. The summed E-state index contributed by atoms with van der Waals surface area (Å²) in [4.78, 5) is 17.8. The molecule has 0 unspecified atom stereocenters. The molecule has 1 amide bonds. The lowest BCUT2D eigenvalue weighted by molar-refractivity contribution is 0.0827. The van der Waals surface area contributed by atoms with Gasteiger partial charge in [-0.05, 0) is 47.5 Å². The van der Waals surface area contributed by atoms with Gasteiger partial charge in [-0.2, -0.15) is 0 Å². The van der Waals surface area contributed by atoms with Crippen LogP contribution in [0.4, 0.5) is 0 Å². The standard InChI is InChI=1S/C26H30N4O3/c1-27-26(28-17-19-9-13-21(14-10-19)25(31)30(2)3)29-18-20-11-15-22(16-12-20)33-24-8-6-5-7-23(24)32-4/h5-16H,17-18H2,1-4H3,(H2,27,28,29). The second kappa shape index (κ2) is 11.6. The van der Waals surface area contributed by atoms with Crippen molar-refractivity contribution < 1.29 is 14.3 Å². The number of hydrogen-bond donors (Lipinski definition) is 2. The molecule has 0 spiro atoms. The third-order valence-corrected chi connectivity index (χ3v) is 4.97. The Morgan fingerprint density at radius 1 is 0.848 bits per heavy atom. The molecule has 0 aliphatic rings. The van der Waals surface area contributed by atoms with Crippen molar-refractivity contribution in [1.82, 2.24) is 15.5 Å². The Bertz CT molecular complexity index is 1080. The largest absolute Gasteiger partial charge is 0.493 e. The van der Waals surface area contributed by atoms with Crippen molar-refractivity contribution in [3.05, 3.63) is 89.5 Å². The highest BCUT2D eigenvalue weighted by Gasteiger charge is 2.08. The van der Waals surface area contributed by atoms with Gasteiger partial charge < -0.3 is 25.0 Å². The van der Waals surface area contributed by atoms with Crippen LogP contribution in [0.5, 0.6) is 17.2 Å². The number of amides is 1. The van der Waals surface area contributed by atoms with Crippen LogP contribution in [0.25, 0.3) is 0 Å². The van der Waals surface area contributed by atoms with Crippen molar-refractivity contribution >= 4 is 11.9 Å². The molecule has 0 saturated carbocycles. The number of hydrogen-bond acceptors (Lipinski definition) is 4. The molecule has 7 nitrogen and oxygen atoms in total. The summed E-state index contributed by atoms with van der Waals surface area (Å²) in [5.74, 6) is 2.79. The molecule has 0 radical (unpaired) electrons. The first-order chi connectivity index (χ1) is 16.0. The van der Waals surface area contributed by atoms with Crippen LogP contribution in [0.15, 0.2) is 77.8 Å². The minimum Gasteiger partial charge on any atom is -0.493 e. The summed E-state index contributed by atoms with van der Waals surface area (Å²) in [7, 11) is 6.85. The van der Waals surface area contributed by atoms with E-state index in [9.17, 15) is 4.79 Å². The minimum absolute atomic E-state index is 0.00805. The van der Waals surface area contributed by atoms with Crippen LogP contribution in [0.3, 0.4) is 0 Å². The molecule has 7 heteroatoms. The summed E-state index contributed by atoms with van der Waals surface area (Å²) in [5.41, 5.74) is 2.83. The highest BCUT2D eigenvalue weighted by Crippen LogP contribution is 2.30. The molecule has 2 N–H and O–H groups in total. The Morgan fingerprint density at radius 2 is 1.39 bits per heavy atom. The van der Waals surface area contributed by atoms with E-state index >= 15 is 0 Å². The van der Waals surface area contributed by atoms with Crippen LogP contribution in [0.1, 0.15) is 21.5 Å². The molecule has 33 heavy (non-hydrogen) atoms. The van der Waals surface area contributed by atoms with Crippen molar-refractivity contribution in [2.45, 2.75) is 13.1 Å². The summed E-state index contributed by atoms with van der Waals surface area (Å²) >= 11 is 0. The summed E-state index contributed by atoms with van der Waals surface area (Å²) in [6, 6.07) is 23.0. The van der Waals surface area contributed by atoms with Crippen molar-refractivity contribution in [2.24, 2.45) is 4.99 Å². The zero-order chi connectivity index (χ0) is 23.6. The summed E-state index contributed by atoms with van der Waals surface area (Å²) < 4.78 is 11.2. The van der Waals surface area contributed by atoms with Crippen molar-refractivity contribution in [3.8, 4) is 17.2 Å². The molecule has 0 fully saturated rings. The number of nitrogens with zero attached hydrogens (tertiary/aromatic N) is 2. The van der Waals surface area contributed by atoms with Crippen LogP contribution in [-0.2, 0) is 13.1 Å². The van der Waals surface area contributed by atoms with Crippen molar-refractivity contribution in [2.75, 3.05) is 28.3 Å². The number of para-hydroxylation sites is 2. The van der Waals surface area contributed by atoms with Gasteiger partial charge in [0.05, 0.1) is 7.11 Å². The number of guanidine groups is 1. The van der Waals surface area contributed by atoms with Gasteiger partial charge in [-0.25, -0.2) is 0 Å². The van der Waals surface area contributed by atoms with E-state index in [-0.39, 0.29) is 5.91 Å². The fourth-order valence-corrected chi connectivity index (χ4v) is 3.12. The quantitative estimate of drug-likeness (QED) is 0.403. The first kappa shape index (κ1) is 23.7. The zero-order valence-electron chi connectivity index (χ0n) is 19.5. The summed E-state index contributed by atoms with van der Waals surface area (Å²) in [6.45, 7) is 1.21. The van der Waals surface area contributed by atoms with E-state index in [1.807, 2.05) is 72.8 Å². The summed E-state index contributed by atoms with van der Waals surface area (Å²) in [6.07, 6.45) is 0. The number of benzene rings is 3. The van der Waals surface area contributed by atoms with Gasteiger partial charge in [0.25, 0.3) is 5.91 Å². The maximum absolute atomic E-state index is 12.0. The number of carbonyl (C=O) groups excluding carboxylic acids is 1. The van der Waals surface area contributed by atoms with E-state index in [4.69, 9.17) is 9.47 Å². The van der Waals surface area contributed by atoms with Crippen LogP contribution >= 0.6 is 0 Å². The highest BCUT2D eigenvalue weighted by molar-refractivity contribution is 5.93. The number of rotatable bonds is 8. The third kappa shape index (κ3) is 6.74. The maximum Gasteiger partial charge on any atom is 0.253 e. The van der Waals surface area contributed by atoms with E-state index in [0.717, 1.165) is 16.9 Å². The van der Waals surface area contributed by atoms with Gasteiger partial charge in [-0.3, -0.25) is 9.79 Å². The Labute approximate surface area is 195 Å². The second-order valence-corrected chi connectivity index (χ2v) is 7.57. The predicted octanol–water partition coefficient (Wildman–Crippen LogP) is 4.05. The average molecular weight is 447 g/mol. The van der Waals surface area contributed by atoms with Gasteiger partial charge in [0, 0.05) is 39.8 Å². The number of ether oxygens (including phenoxy) is 2. The fraction of sp³-hybridized carbons (Fsp3) is 0.231. The molecule has 0 aromatic heterocycles. The van der Waals surface area contributed by atoms with Crippen LogP contribution in [-0.4, -0.2) is 45.0 Å². The minimum atomic E-state index is -0.00805. The fourth-order valence-electron chi connectivity index (χ4n) is 3.12. The van der Waals surface area contributed by atoms with Gasteiger partial charge in [0.1, 0.15) is 5.75 Å². The molecule has 0 atom stereocenters. The summed E-state index contributed by atoms with van der Waals surface area (Å²) in [5, 5.41) is 6.59. The Balaban J connectivity index is 1.50.